The van der Waals surface area contributed by atoms with Crippen molar-refractivity contribution < 1.29 is 26.4 Å². The van der Waals surface area contributed by atoms with Crippen LogP contribution in [0.1, 0.15) is 83.6 Å². The van der Waals surface area contributed by atoms with Crippen LogP contribution in [-0.4, -0.2) is 16.1 Å². The zero-order chi connectivity index (χ0) is 20.4. The van der Waals surface area contributed by atoms with E-state index in [-0.39, 0.29) is 12.0 Å². The van der Waals surface area contributed by atoms with Gasteiger partial charge in [0, 0.05) is 5.56 Å². The molecule has 0 bridgehead atoms. The van der Waals surface area contributed by atoms with Crippen molar-refractivity contribution in [3.05, 3.63) is 34.6 Å². The molecule has 0 atom stereocenters. The second kappa shape index (κ2) is 11.8. The van der Waals surface area contributed by atoms with Crippen LogP contribution in [0.3, 0.4) is 0 Å². The third-order valence-electron chi connectivity index (χ3n) is 5.58. The van der Waals surface area contributed by atoms with Gasteiger partial charge in [-0.25, -0.2) is 22.0 Å². The molecule has 0 N–H and O–H groups in total. The van der Waals surface area contributed by atoms with Crippen LogP contribution in [0.5, 0.6) is 0 Å². The Bertz CT molecular complexity index is 553. The maximum atomic E-state index is 13.6. The molecule has 0 saturated heterocycles. The molecule has 0 aliphatic rings. The average Bonchev–Trinajstić information content (AvgIpc) is 2.69. The molecule has 0 saturated carbocycles. The van der Waals surface area contributed by atoms with Gasteiger partial charge in [0.05, 0.1) is 5.60 Å². The largest absolute Gasteiger partial charge is 0.422 e. The standard InChI is InChI=1S/C20H31F5OSi/c1-3-20(4-2,26-27)13-11-9-7-5-6-8-10-12-14-15(21)17(23)19(25)18(24)16(14)22/h3-13H2,1-2,27H3. The number of hydrogen-bond donors (Lipinski definition) is 0. The summed E-state index contributed by atoms with van der Waals surface area (Å²) in [5.41, 5.74) is -0.662. The van der Waals surface area contributed by atoms with Gasteiger partial charge in [0.15, 0.2) is 23.3 Å². The lowest BCUT2D eigenvalue weighted by Crippen LogP contribution is -2.30. The lowest BCUT2D eigenvalue weighted by atomic mass is 9.90. The number of hydrogen-bond acceptors (Lipinski definition) is 1. The van der Waals surface area contributed by atoms with Gasteiger partial charge in [-0.15, -0.1) is 0 Å². The van der Waals surface area contributed by atoms with E-state index in [4.69, 9.17) is 4.43 Å². The SMILES string of the molecule is CCC(CC)(CCCCCCCCCc1c(F)c(F)c(F)c(F)c1F)O[SiH3]. The van der Waals surface area contributed by atoms with Crippen LogP contribution in [0.25, 0.3) is 0 Å². The van der Waals surface area contributed by atoms with Crippen molar-refractivity contribution in [1.82, 2.24) is 0 Å². The third kappa shape index (κ3) is 6.56. The van der Waals surface area contributed by atoms with Gasteiger partial charge in [0.25, 0.3) is 0 Å². The highest BCUT2D eigenvalue weighted by atomic mass is 28.2. The molecular formula is C20H31F5OSi. The van der Waals surface area contributed by atoms with Crippen LogP contribution in [-0.2, 0) is 10.8 Å². The van der Waals surface area contributed by atoms with Gasteiger partial charge in [-0.3, -0.25) is 0 Å². The van der Waals surface area contributed by atoms with E-state index in [1.54, 1.807) is 0 Å². The van der Waals surface area contributed by atoms with Crippen LogP contribution in [0.2, 0.25) is 0 Å². The molecule has 0 radical (unpaired) electrons. The second-order valence-electron chi connectivity index (χ2n) is 7.12. The fourth-order valence-corrected chi connectivity index (χ4v) is 4.28. The van der Waals surface area contributed by atoms with Crippen molar-refractivity contribution >= 4 is 10.5 Å². The topological polar surface area (TPSA) is 9.23 Å². The Hall–Kier alpha value is -0.953. The summed E-state index contributed by atoms with van der Waals surface area (Å²) in [5, 5.41) is 0. The number of unbranched alkanes of at least 4 members (excludes halogenated alkanes) is 6. The Kier molecular flexibility index (Phi) is 10.5. The molecule has 0 heterocycles. The van der Waals surface area contributed by atoms with Crippen LogP contribution in [0.15, 0.2) is 0 Å². The summed E-state index contributed by atoms with van der Waals surface area (Å²) >= 11 is 0. The summed E-state index contributed by atoms with van der Waals surface area (Å²) in [7, 11) is 0.751. The normalized spacial score (nSPS) is 12.1. The lowest BCUT2D eigenvalue weighted by Gasteiger charge is -2.31. The van der Waals surface area contributed by atoms with Gasteiger partial charge < -0.3 is 4.43 Å². The molecule has 0 aliphatic carbocycles. The Morgan fingerprint density at radius 2 is 1.07 bits per heavy atom. The third-order valence-corrected chi connectivity index (χ3v) is 6.45. The summed E-state index contributed by atoms with van der Waals surface area (Å²) in [5.74, 6) is -9.23. The van der Waals surface area contributed by atoms with Crippen molar-refractivity contribution in [3.63, 3.8) is 0 Å². The molecule has 1 nitrogen and oxygen atoms in total. The molecule has 0 fully saturated rings. The molecule has 7 heteroatoms. The predicted octanol–water partition coefficient (Wildman–Crippen LogP) is 5.90. The van der Waals surface area contributed by atoms with E-state index in [0.717, 1.165) is 61.9 Å². The minimum absolute atomic E-state index is 0.0417. The minimum atomic E-state index is -2.10. The van der Waals surface area contributed by atoms with Gasteiger partial charge in [-0.2, -0.15) is 0 Å². The van der Waals surface area contributed by atoms with E-state index in [2.05, 4.69) is 13.8 Å². The van der Waals surface area contributed by atoms with Crippen molar-refractivity contribution in [2.45, 2.75) is 90.1 Å². The Balaban J connectivity index is 2.26. The van der Waals surface area contributed by atoms with E-state index in [1.807, 2.05) is 0 Å². The number of rotatable bonds is 13. The first-order valence-electron chi connectivity index (χ1n) is 9.89. The summed E-state index contributed by atoms with van der Waals surface area (Å²) in [6.45, 7) is 4.32. The summed E-state index contributed by atoms with van der Waals surface area (Å²) in [6, 6.07) is 0. The minimum Gasteiger partial charge on any atom is -0.422 e. The van der Waals surface area contributed by atoms with Crippen LogP contribution in [0.4, 0.5) is 22.0 Å². The smallest absolute Gasteiger partial charge is 0.200 e. The van der Waals surface area contributed by atoms with E-state index in [9.17, 15) is 22.0 Å². The van der Waals surface area contributed by atoms with Crippen molar-refractivity contribution in [1.29, 1.82) is 0 Å². The van der Waals surface area contributed by atoms with E-state index < -0.39 is 34.6 Å². The number of benzene rings is 1. The zero-order valence-corrected chi connectivity index (χ0v) is 18.6. The second-order valence-corrected chi connectivity index (χ2v) is 7.53. The van der Waals surface area contributed by atoms with Crippen molar-refractivity contribution in [2.24, 2.45) is 0 Å². The molecule has 156 valence electrons. The molecule has 0 spiro atoms. The molecule has 0 amide bonds. The number of halogens is 5. The Morgan fingerprint density at radius 3 is 1.52 bits per heavy atom. The first-order chi connectivity index (χ1) is 12.8. The lowest BCUT2D eigenvalue weighted by molar-refractivity contribution is 0.0583. The van der Waals surface area contributed by atoms with Gasteiger partial charge in [0.2, 0.25) is 5.82 Å². The molecule has 1 aromatic rings. The molecule has 0 aromatic heterocycles. The quantitative estimate of drug-likeness (QED) is 0.129. The maximum absolute atomic E-state index is 13.6. The van der Waals surface area contributed by atoms with Gasteiger partial charge in [-0.1, -0.05) is 52.4 Å². The van der Waals surface area contributed by atoms with Crippen LogP contribution in [0, 0.1) is 29.1 Å². The highest BCUT2D eigenvalue weighted by Gasteiger charge is 2.25. The van der Waals surface area contributed by atoms with E-state index >= 15 is 0 Å². The first-order valence-corrected chi connectivity index (χ1v) is 10.7. The molecule has 1 aromatic carbocycles. The molecule has 0 aliphatic heterocycles. The van der Waals surface area contributed by atoms with Crippen molar-refractivity contribution in [3.8, 4) is 0 Å². The van der Waals surface area contributed by atoms with E-state index in [0.29, 0.717) is 12.8 Å². The molecular weight excluding hydrogens is 379 g/mol. The van der Waals surface area contributed by atoms with Crippen LogP contribution < -0.4 is 0 Å². The molecule has 1 rings (SSSR count). The summed E-state index contributed by atoms with van der Waals surface area (Å²) in [4.78, 5) is 0. The molecule has 0 unspecified atom stereocenters. The van der Waals surface area contributed by atoms with Crippen molar-refractivity contribution in [2.75, 3.05) is 0 Å². The fraction of sp³-hybridized carbons (Fsp3) is 0.700. The highest BCUT2D eigenvalue weighted by molar-refractivity contribution is 5.98. The fourth-order valence-electron chi connectivity index (χ4n) is 3.50. The highest BCUT2D eigenvalue weighted by Crippen LogP contribution is 2.27. The first kappa shape index (κ1) is 24.1. The zero-order valence-electron chi connectivity index (χ0n) is 16.6. The summed E-state index contributed by atoms with van der Waals surface area (Å²) in [6.07, 6.45) is 9.31. The monoisotopic (exact) mass is 410 g/mol. The Morgan fingerprint density at radius 1 is 0.667 bits per heavy atom. The Labute approximate surface area is 162 Å². The van der Waals surface area contributed by atoms with E-state index in [1.165, 1.54) is 0 Å². The summed E-state index contributed by atoms with van der Waals surface area (Å²) < 4.78 is 72.2. The molecule has 27 heavy (non-hydrogen) atoms. The maximum Gasteiger partial charge on any atom is 0.200 e. The van der Waals surface area contributed by atoms with Gasteiger partial charge >= 0.3 is 0 Å². The predicted molar refractivity (Wildman–Crippen MR) is 101 cm³/mol. The van der Waals surface area contributed by atoms with Gasteiger partial charge in [-0.05, 0) is 32.1 Å². The average molecular weight is 411 g/mol. The van der Waals surface area contributed by atoms with Crippen LogP contribution >= 0.6 is 0 Å². The van der Waals surface area contributed by atoms with Gasteiger partial charge in [0.1, 0.15) is 10.5 Å².